The van der Waals surface area contributed by atoms with Gasteiger partial charge >= 0.3 is 0 Å². The second kappa shape index (κ2) is 5.21. The molecule has 0 aromatic carbocycles. The van der Waals surface area contributed by atoms with Crippen LogP contribution < -0.4 is 5.32 Å². The molecule has 1 rings (SSSR count). The van der Waals surface area contributed by atoms with E-state index in [1.807, 2.05) is 0 Å². The number of nitrogens with zero attached hydrogens (tertiary/aromatic N) is 1. The van der Waals surface area contributed by atoms with Crippen LogP contribution in [-0.4, -0.2) is 23.8 Å². The van der Waals surface area contributed by atoms with E-state index in [1.165, 1.54) is 0 Å². The summed E-state index contributed by atoms with van der Waals surface area (Å²) in [5.41, 5.74) is -0.408. The van der Waals surface area contributed by atoms with Gasteiger partial charge in [-0.3, -0.25) is 0 Å². The highest BCUT2D eigenvalue weighted by molar-refractivity contribution is 4.89. The lowest BCUT2D eigenvalue weighted by molar-refractivity contribution is -0.0311. The highest BCUT2D eigenvalue weighted by Gasteiger charge is 2.33. The maximum Gasteiger partial charge on any atom is 0.0771 e. The highest BCUT2D eigenvalue weighted by Crippen LogP contribution is 2.30. The quantitative estimate of drug-likeness (QED) is 0.606. The lowest BCUT2D eigenvalue weighted by Crippen LogP contribution is -2.46. The molecule has 0 aromatic heterocycles. The Morgan fingerprint density at radius 3 is 2.69 bits per heavy atom. The fourth-order valence-electron chi connectivity index (χ4n) is 1.54. The average Bonchev–Trinajstić information content (AvgIpc) is 2.08. The molecule has 0 spiro atoms. The van der Waals surface area contributed by atoms with Crippen LogP contribution in [0.1, 0.15) is 38.5 Å². The van der Waals surface area contributed by atoms with Crippen molar-refractivity contribution in [3.63, 3.8) is 0 Å². The van der Waals surface area contributed by atoms with Crippen molar-refractivity contribution in [1.29, 1.82) is 5.26 Å². The zero-order chi connectivity index (χ0) is 9.57. The lowest BCUT2D eigenvalue weighted by Gasteiger charge is -2.36. The summed E-state index contributed by atoms with van der Waals surface area (Å²) < 4.78 is 0. The second-order valence-corrected chi connectivity index (χ2v) is 3.87. The van der Waals surface area contributed by atoms with Gasteiger partial charge in [-0.15, -0.1) is 0 Å². The number of unbranched alkanes of at least 4 members (excludes halogenated alkanes) is 2. The molecule has 0 heterocycles. The number of aliphatic hydroxyl groups is 1. The van der Waals surface area contributed by atoms with E-state index in [4.69, 9.17) is 5.26 Å². The predicted molar refractivity (Wildman–Crippen MR) is 51.1 cm³/mol. The SMILES string of the molecule is N#CCCCCNCC1(O)CCC1. The minimum atomic E-state index is -0.408. The van der Waals surface area contributed by atoms with Crippen LogP contribution in [-0.2, 0) is 0 Å². The molecule has 1 aliphatic rings. The van der Waals surface area contributed by atoms with Crippen LogP contribution in [0.5, 0.6) is 0 Å². The maximum atomic E-state index is 9.70. The Kier molecular flexibility index (Phi) is 4.20. The topological polar surface area (TPSA) is 56.0 Å². The third kappa shape index (κ3) is 3.75. The van der Waals surface area contributed by atoms with Crippen LogP contribution in [0.25, 0.3) is 0 Å². The molecule has 0 aliphatic heterocycles. The van der Waals surface area contributed by atoms with Crippen LogP contribution in [0.4, 0.5) is 0 Å². The van der Waals surface area contributed by atoms with E-state index in [2.05, 4.69) is 11.4 Å². The van der Waals surface area contributed by atoms with Crippen molar-refractivity contribution in [1.82, 2.24) is 5.32 Å². The predicted octanol–water partition coefficient (Wildman–Crippen LogP) is 1.18. The number of hydrogen-bond acceptors (Lipinski definition) is 3. The summed E-state index contributed by atoms with van der Waals surface area (Å²) in [7, 11) is 0. The molecule has 0 saturated heterocycles. The van der Waals surface area contributed by atoms with E-state index >= 15 is 0 Å². The van der Waals surface area contributed by atoms with E-state index in [0.29, 0.717) is 6.42 Å². The monoisotopic (exact) mass is 182 g/mol. The van der Waals surface area contributed by atoms with Gasteiger partial charge in [0.15, 0.2) is 0 Å². The van der Waals surface area contributed by atoms with Gasteiger partial charge in [-0.05, 0) is 38.6 Å². The number of hydrogen-bond donors (Lipinski definition) is 2. The fraction of sp³-hybridized carbons (Fsp3) is 0.900. The molecule has 1 aliphatic carbocycles. The normalized spacial score (nSPS) is 19.1. The van der Waals surface area contributed by atoms with Crippen molar-refractivity contribution in [2.45, 2.75) is 44.1 Å². The Labute approximate surface area is 79.8 Å². The minimum Gasteiger partial charge on any atom is -0.389 e. The molecule has 3 nitrogen and oxygen atoms in total. The van der Waals surface area contributed by atoms with E-state index in [-0.39, 0.29) is 0 Å². The van der Waals surface area contributed by atoms with E-state index in [9.17, 15) is 5.11 Å². The zero-order valence-corrected chi connectivity index (χ0v) is 8.05. The van der Waals surface area contributed by atoms with Gasteiger partial charge in [0.1, 0.15) is 0 Å². The van der Waals surface area contributed by atoms with Gasteiger partial charge in [-0.1, -0.05) is 0 Å². The molecule has 0 unspecified atom stereocenters. The second-order valence-electron chi connectivity index (χ2n) is 3.87. The van der Waals surface area contributed by atoms with Crippen LogP contribution in [0, 0.1) is 11.3 Å². The van der Waals surface area contributed by atoms with E-state index in [0.717, 1.165) is 45.2 Å². The summed E-state index contributed by atoms with van der Waals surface area (Å²) in [6.07, 6.45) is 5.68. The van der Waals surface area contributed by atoms with Gasteiger partial charge in [0, 0.05) is 13.0 Å². The van der Waals surface area contributed by atoms with Crippen molar-refractivity contribution < 1.29 is 5.11 Å². The van der Waals surface area contributed by atoms with Crippen molar-refractivity contribution in [3.8, 4) is 6.07 Å². The first kappa shape index (κ1) is 10.5. The van der Waals surface area contributed by atoms with Gasteiger partial charge in [0.2, 0.25) is 0 Å². The van der Waals surface area contributed by atoms with Gasteiger partial charge < -0.3 is 10.4 Å². The van der Waals surface area contributed by atoms with Gasteiger partial charge in [-0.2, -0.15) is 5.26 Å². The van der Waals surface area contributed by atoms with Gasteiger partial charge in [-0.25, -0.2) is 0 Å². The molecule has 74 valence electrons. The Morgan fingerprint density at radius 1 is 1.38 bits per heavy atom. The van der Waals surface area contributed by atoms with Crippen LogP contribution >= 0.6 is 0 Å². The van der Waals surface area contributed by atoms with E-state index < -0.39 is 5.60 Å². The lowest BCUT2D eigenvalue weighted by atomic mass is 9.80. The summed E-state index contributed by atoms with van der Waals surface area (Å²) >= 11 is 0. The molecule has 3 heteroatoms. The molecular weight excluding hydrogens is 164 g/mol. The number of nitriles is 1. The van der Waals surface area contributed by atoms with Crippen molar-refractivity contribution in [2.75, 3.05) is 13.1 Å². The summed E-state index contributed by atoms with van der Waals surface area (Å²) in [6.45, 7) is 1.64. The Balaban J connectivity index is 1.87. The zero-order valence-electron chi connectivity index (χ0n) is 8.05. The molecular formula is C10H18N2O. The average molecular weight is 182 g/mol. The minimum absolute atomic E-state index is 0.408. The molecule has 2 N–H and O–H groups in total. The summed E-state index contributed by atoms with van der Waals surface area (Å²) in [6, 6.07) is 2.12. The summed E-state index contributed by atoms with van der Waals surface area (Å²) in [5, 5.41) is 21.2. The first-order valence-corrected chi connectivity index (χ1v) is 5.07. The maximum absolute atomic E-state index is 9.70. The first-order valence-electron chi connectivity index (χ1n) is 5.07. The Morgan fingerprint density at radius 2 is 2.15 bits per heavy atom. The molecule has 1 saturated carbocycles. The summed E-state index contributed by atoms with van der Waals surface area (Å²) in [5.74, 6) is 0. The fourth-order valence-corrected chi connectivity index (χ4v) is 1.54. The van der Waals surface area contributed by atoms with Gasteiger partial charge in [0.25, 0.3) is 0 Å². The summed E-state index contributed by atoms with van der Waals surface area (Å²) in [4.78, 5) is 0. The largest absolute Gasteiger partial charge is 0.389 e. The molecule has 0 radical (unpaired) electrons. The first-order chi connectivity index (χ1) is 6.27. The molecule has 0 bridgehead atoms. The molecule has 13 heavy (non-hydrogen) atoms. The van der Waals surface area contributed by atoms with Crippen LogP contribution in [0.3, 0.4) is 0 Å². The molecule has 0 aromatic rings. The smallest absolute Gasteiger partial charge is 0.0771 e. The molecule has 0 atom stereocenters. The Hall–Kier alpha value is -0.590. The van der Waals surface area contributed by atoms with Gasteiger partial charge in [0.05, 0.1) is 11.7 Å². The standard InChI is InChI=1S/C10H18N2O/c11-7-2-1-3-8-12-9-10(13)5-4-6-10/h12-13H,1-6,8-9H2. The van der Waals surface area contributed by atoms with Crippen molar-refractivity contribution in [2.24, 2.45) is 0 Å². The number of rotatable bonds is 6. The Bertz CT molecular complexity index is 182. The van der Waals surface area contributed by atoms with Crippen LogP contribution in [0.2, 0.25) is 0 Å². The molecule has 1 fully saturated rings. The van der Waals surface area contributed by atoms with Crippen molar-refractivity contribution in [3.05, 3.63) is 0 Å². The van der Waals surface area contributed by atoms with E-state index in [1.54, 1.807) is 0 Å². The van der Waals surface area contributed by atoms with Crippen molar-refractivity contribution >= 4 is 0 Å². The van der Waals surface area contributed by atoms with Crippen LogP contribution in [0.15, 0.2) is 0 Å². The third-order valence-corrected chi connectivity index (χ3v) is 2.63. The molecule has 0 amide bonds. The number of nitrogens with one attached hydrogen (secondary N) is 1. The third-order valence-electron chi connectivity index (χ3n) is 2.63. The highest BCUT2D eigenvalue weighted by atomic mass is 16.3.